The number of nitrogens with two attached hydrogens (primary N) is 1. The van der Waals surface area contributed by atoms with Crippen molar-refractivity contribution in [2.24, 2.45) is 5.73 Å². The van der Waals surface area contributed by atoms with Gasteiger partial charge in [0, 0.05) is 4.47 Å². The summed E-state index contributed by atoms with van der Waals surface area (Å²) in [5, 5.41) is 0.511. The predicted octanol–water partition coefficient (Wildman–Crippen LogP) is 4.30. The van der Waals surface area contributed by atoms with Crippen molar-refractivity contribution in [1.29, 1.82) is 0 Å². The van der Waals surface area contributed by atoms with Crippen LogP contribution in [0.4, 0.5) is 4.39 Å². The van der Waals surface area contributed by atoms with Gasteiger partial charge in [0.15, 0.2) is 0 Å². The van der Waals surface area contributed by atoms with E-state index in [1.807, 2.05) is 0 Å². The lowest BCUT2D eigenvalue weighted by Gasteiger charge is -2.16. The monoisotopic (exact) mass is 343 g/mol. The zero-order valence-corrected chi connectivity index (χ0v) is 12.5. The van der Waals surface area contributed by atoms with E-state index in [0.717, 1.165) is 10.0 Å². The van der Waals surface area contributed by atoms with E-state index in [-0.39, 0.29) is 5.82 Å². The number of hydrogen-bond donors (Lipinski definition) is 1. The van der Waals surface area contributed by atoms with Gasteiger partial charge in [-0.3, -0.25) is 0 Å². The van der Waals surface area contributed by atoms with Crippen LogP contribution >= 0.6 is 27.5 Å². The van der Waals surface area contributed by atoms with Gasteiger partial charge in [0.1, 0.15) is 11.6 Å². The Hall–Kier alpha value is -1.10. The molecule has 0 aliphatic heterocycles. The molecule has 100 valence electrons. The average molecular weight is 345 g/mol. The second kappa shape index (κ2) is 5.90. The highest BCUT2D eigenvalue weighted by Gasteiger charge is 2.15. The fraction of sp³-hybridized carbons (Fsp3) is 0.143. The average Bonchev–Trinajstić information content (AvgIpc) is 2.41. The molecule has 5 heteroatoms. The Labute approximate surface area is 124 Å². The lowest BCUT2D eigenvalue weighted by atomic mass is 9.99. The first-order valence-corrected chi connectivity index (χ1v) is 6.74. The molecular formula is C14H12BrClFNO. The highest BCUT2D eigenvalue weighted by atomic mass is 79.9. The van der Waals surface area contributed by atoms with Crippen molar-refractivity contribution in [3.05, 3.63) is 62.8 Å². The molecule has 0 amide bonds. The fourth-order valence-corrected chi connectivity index (χ4v) is 2.49. The number of methoxy groups -OCH3 is 1. The van der Waals surface area contributed by atoms with Crippen LogP contribution in [0.1, 0.15) is 17.2 Å². The molecule has 0 aromatic heterocycles. The number of benzene rings is 2. The third kappa shape index (κ3) is 3.08. The number of ether oxygens (including phenoxy) is 1. The van der Waals surface area contributed by atoms with E-state index < -0.39 is 6.04 Å². The summed E-state index contributed by atoms with van der Waals surface area (Å²) in [6.07, 6.45) is 0. The maximum atomic E-state index is 13.3. The van der Waals surface area contributed by atoms with Crippen LogP contribution in [0, 0.1) is 5.82 Å². The summed E-state index contributed by atoms with van der Waals surface area (Å²) < 4.78 is 19.2. The van der Waals surface area contributed by atoms with Crippen LogP contribution in [-0.2, 0) is 0 Å². The first kappa shape index (κ1) is 14.3. The molecule has 19 heavy (non-hydrogen) atoms. The molecule has 1 atom stereocenters. The van der Waals surface area contributed by atoms with E-state index in [1.165, 1.54) is 19.2 Å². The van der Waals surface area contributed by atoms with Crippen LogP contribution < -0.4 is 10.5 Å². The Morgan fingerprint density at radius 3 is 2.68 bits per heavy atom. The minimum Gasteiger partial charge on any atom is -0.495 e. The smallest absolute Gasteiger partial charge is 0.137 e. The summed E-state index contributed by atoms with van der Waals surface area (Å²) >= 11 is 9.34. The van der Waals surface area contributed by atoms with E-state index in [4.69, 9.17) is 22.1 Å². The minimum atomic E-state index is -0.462. The molecule has 0 fully saturated rings. The van der Waals surface area contributed by atoms with E-state index >= 15 is 0 Å². The van der Waals surface area contributed by atoms with E-state index in [9.17, 15) is 4.39 Å². The fourth-order valence-electron chi connectivity index (χ4n) is 1.80. The van der Waals surface area contributed by atoms with Crippen LogP contribution in [0.25, 0.3) is 0 Å². The summed E-state index contributed by atoms with van der Waals surface area (Å²) in [6, 6.07) is 9.23. The van der Waals surface area contributed by atoms with Crippen molar-refractivity contribution in [3.63, 3.8) is 0 Å². The van der Waals surface area contributed by atoms with Crippen LogP contribution in [0.15, 0.2) is 40.9 Å². The Balaban J connectivity index is 2.43. The summed E-state index contributed by atoms with van der Waals surface area (Å²) in [5.74, 6) is 0.219. The maximum Gasteiger partial charge on any atom is 0.137 e. The van der Waals surface area contributed by atoms with Gasteiger partial charge < -0.3 is 10.5 Å². The molecule has 2 N–H and O–H groups in total. The van der Waals surface area contributed by atoms with Gasteiger partial charge >= 0.3 is 0 Å². The van der Waals surface area contributed by atoms with Crippen molar-refractivity contribution in [1.82, 2.24) is 0 Å². The molecule has 2 rings (SSSR count). The maximum absolute atomic E-state index is 13.3. The Bertz CT molecular complexity index is 606. The summed E-state index contributed by atoms with van der Waals surface area (Å²) in [5.41, 5.74) is 7.63. The first-order chi connectivity index (χ1) is 9.02. The molecule has 2 aromatic rings. The summed E-state index contributed by atoms with van der Waals surface area (Å²) in [7, 11) is 1.54. The second-order valence-electron chi connectivity index (χ2n) is 4.04. The quantitative estimate of drug-likeness (QED) is 0.901. The highest BCUT2D eigenvalue weighted by molar-refractivity contribution is 9.10. The standard InChI is InChI=1S/C14H12BrClFNO/c1-19-13-6-8(2-5-12(13)16)14(18)10-7-9(17)3-4-11(10)15/h2-7,14H,18H2,1H3. The van der Waals surface area contributed by atoms with E-state index in [1.54, 1.807) is 24.3 Å². The van der Waals surface area contributed by atoms with Gasteiger partial charge in [-0.25, -0.2) is 4.39 Å². The number of rotatable bonds is 3. The van der Waals surface area contributed by atoms with Crippen molar-refractivity contribution in [3.8, 4) is 5.75 Å². The van der Waals surface area contributed by atoms with Gasteiger partial charge in [-0.2, -0.15) is 0 Å². The Morgan fingerprint density at radius 1 is 1.26 bits per heavy atom. The van der Waals surface area contributed by atoms with Gasteiger partial charge in [0.2, 0.25) is 0 Å². The highest BCUT2D eigenvalue weighted by Crippen LogP contribution is 2.32. The zero-order chi connectivity index (χ0) is 14.0. The lowest BCUT2D eigenvalue weighted by molar-refractivity contribution is 0.414. The van der Waals surface area contributed by atoms with Gasteiger partial charge in [-0.05, 0) is 41.5 Å². The lowest BCUT2D eigenvalue weighted by Crippen LogP contribution is -2.13. The van der Waals surface area contributed by atoms with Gasteiger partial charge in [0.05, 0.1) is 18.2 Å². The molecule has 0 radical (unpaired) electrons. The molecule has 2 aromatic carbocycles. The Kier molecular flexibility index (Phi) is 4.45. The molecule has 2 nitrogen and oxygen atoms in total. The molecule has 0 aliphatic rings. The largest absolute Gasteiger partial charge is 0.495 e. The van der Waals surface area contributed by atoms with Crippen molar-refractivity contribution in [2.45, 2.75) is 6.04 Å². The van der Waals surface area contributed by atoms with E-state index in [0.29, 0.717) is 16.3 Å². The van der Waals surface area contributed by atoms with Crippen molar-refractivity contribution < 1.29 is 9.13 Å². The third-order valence-corrected chi connectivity index (χ3v) is 3.86. The summed E-state index contributed by atoms with van der Waals surface area (Å²) in [6.45, 7) is 0. The van der Waals surface area contributed by atoms with Gasteiger partial charge in [-0.15, -0.1) is 0 Å². The van der Waals surface area contributed by atoms with Gasteiger partial charge in [-0.1, -0.05) is 33.6 Å². The third-order valence-electron chi connectivity index (χ3n) is 2.83. The molecule has 0 aliphatic carbocycles. The molecule has 0 bridgehead atoms. The van der Waals surface area contributed by atoms with Crippen molar-refractivity contribution in [2.75, 3.05) is 7.11 Å². The molecule has 0 heterocycles. The predicted molar refractivity (Wildman–Crippen MR) is 78.1 cm³/mol. The minimum absolute atomic E-state index is 0.324. The molecule has 0 saturated carbocycles. The normalized spacial score (nSPS) is 12.3. The number of halogens is 3. The van der Waals surface area contributed by atoms with Gasteiger partial charge in [0.25, 0.3) is 0 Å². The first-order valence-electron chi connectivity index (χ1n) is 5.57. The molecule has 0 spiro atoms. The molecule has 0 saturated heterocycles. The SMILES string of the molecule is COc1cc(C(N)c2cc(F)ccc2Br)ccc1Cl. The Morgan fingerprint density at radius 2 is 2.00 bits per heavy atom. The summed E-state index contributed by atoms with van der Waals surface area (Å²) in [4.78, 5) is 0. The topological polar surface area (TPSA) is 35.2 Å². The second-order valence-corrected chi connectivity index (χ2v) is 5.30. The van der Waals surface area contributed by atoms with Crippen LogP contribution in [0.3, 0.4) is 0 Å². The van der Waals surface area contributed by atoms with Crippen LogP contribution in [0.5, 0.6) is 5.75 Å². The van der Waals surface area contributed by atoms with Crippen molar-refractivity contribution >= 4 is 27.5 Å². The number of hydrogen-bond acceptors (Lipinski definition) is 2. The zero-order valence-electron chi connectivity index (χ0n) is 10.2. The molecular weight excluding hydrogens is 333 g/mol. The molecule has 1 unspecified atom stereocenters. The van der Waals surface area contributed by atoms with Crippen LogP contribution in [0.2, 0.25) is 5.02 Å². The van der Waals surface area contributed by atoms with E-state index in [2.05, 4.69) is 15.9 Å². The van der Waals surface area contributed by atoms with Crippen LogP contribution in [-0.4, -0.2) is 7.11 Å².